The van der Waals surface area contributed by atoms with Crippen LogP contribution in [0.15, 0.2) is 40.5 Å². The number of aryl methyl sites for hydroxylation is 1. The fourth-order valence-electron chi connectivity index (χ4n) is 2.02. The number of halogens is 2. The number of aromatic nitrogens is 3. The number of nitrogens with zero attached hydrogens (tertiary/aromatic N) is 3. The van der Waals surface area contributed by atoms with E-state index in [1.165, 1.54) is 11.8 Å². The molecule has 0 N–H and O–H groups in total. The van der Waals surface area contributed by atoms with Gasteiger partial charge in [0.05, 0.1) is 17.6 Å². The Balaban J connectivity index is 2.10. The molecular formula is C15H11Cl2N3OS. The summed E-state index contributed by atoms with van der Waals surface area (Å²) >= 11 is 13.8. The zero-order valence-electron chi connectivity index (χ0n) is 11.8. The summed E-state index contributed by atoms with van der Waals surface area (Å²) in [6.07, 6.45) is 1.71. The number of benzene rings is 1. The van der Waals surface area contributed by atoms with Crippen LogP contribution in [0, 0.1) is 6.92 Å². The maximum absolute atomic E-state index is 6.32. The maximum Gasteiger partial charge on any atom is 0.217 e. The van der Waals surface area contributed by atoms with Crippen LogP contribution in [-0.4, -0.2) is 22.1 Å². The van der Waals surface area contributed by atoms with Crippen LogP contribution in [0.4, 0.5) is 0 Å². The summed E-state index contributed by atoms with van der Waals surface area (Å²) in [5.41, 5.74) is 1.57. The van der Waals surface area contributed by atoms with E-state index in [2.05, 4.69) is 15.0 Å². The zero-order chi connectivity index (χ0) is 15.7. The summed E-state index contributed by atoms with van der Waals surface area (Å²) in [6.45, 7) is 1.89. The highest BCUT2D eigenvalue weighted by Crippen LogP contribution is 2.36. The molecule has 0 atom stereocenters. The SMILES string of the molecule is COc1cc(C)nc(Sc2ccnc3cc(Cl)cc(Cl)c23)n1. The molecule has 3 rings (SSSR count). The molecule has 0 bridgehead atoms. The lowest BCUT2D eigenvalue weighted by Crippen LogP contribution is -1.95. The number of fused-ring (bicyclic) bond motifs is 1. The molecule has 0 aliphatic rings. The number of hydrogen-bond acceptors (Lipinski definition) is 5. The van der Waals surface area contributed by atoms with Gasteiger partial charge in [-0.25, -0.2) is 4.98 Å². The zero-order valence-corrected chi connectivity index (χ0v) is 14.1. The molecule has 0 aliphatic heterocycles. The largest absolute Gasteiger partial charge is 0.481 e. The van der Waals surface area contributed by atoms with Gasteiger partial charge in [0.25, 0.3) is 0 Å². The van der Waals surface area contributed by atoms with Gasteiger partial charge in [-0.1, -0.05) is 23.2 Å². The quantitative estimate of drug-likeness (QED) is 0.634. The maximum atomic E-state index is 6.32. The van der Waals surface area contributed by atoms with E-state index in [1.54, 1.807) is 31.5 Å². The van der Waals surface area contributed by atoms with E-state index in [1.807, 2.05) is 13.0 Å². The Morgan fingerprint density at radius 1 is 1.14 bits per heavy atom. The molecule has 2 aromatic heterocycles. The Kier molecular flexibility index (Phi) is 4.38. The first-order valence-electron chi connectivity index (χ1n) is 6.38. The predicted octanol–water partition coefficient (Wildman–Crippen LogP) is 4.80. The van der Waals surface area contributed by atoms with E-state index in [0.29, 0.717) is 21.1 Å². The van der Waals surface area contributed by atoms with Crippen LogP contribution >= 0.6 is 35.0 Å². The first-order valence-corrected chi connectivity index (χ1v) is 7.95. The molecule has 2 heterocycles. The van der Waals surface area contributed by atoms with E-state index >= 15 is 0 Å². The first-order chi connectivity index (χ1) is 10.6. The van der Waals surface area contributed by atoms with E-state index in [9.17, 15) is 0 Å². The third-order valence-electron chi connectivity index (χ3n) is 2.94. The molecule has 112 valence electrons. The van der Waals surface area contributed by atoms with Gasteiger partial charge < -0.3 is 4.74 Å². The van der Waals surface area contributed by atoms with Gasteiger partial charge in [-0.3, -0.25) is 4.98 Å². The normalized spacial score (nSPS) is 10.9. The lowest BCUT2D eigenvalue weighted by Gasteiger charge is -2.08. The number of hydrogen-bond donors (Lipinski definition) is 0. The fraction of sp³-hybridized carbons (Fsp3) is 0.133. The standard InChI is InChI=1S/C15H11Cl2N3OS/c1-8-5-13(21-2)20-15(19-8)22-12-3-4-18-11-7-9(16)6-10(17)14(11)12/h3-7H,1-2H3. The Labute approximate surface area is 141 Å². The minimum atomic E-state index is 0.530. The van der Waals surface area contributed by atoms with Crippen LogP contribution in [0.25, 0.3) is 10.9 Å². The van der Waals surface area contributed by atoms with Crippen molar-refractivity contribution in [2.45, 2.75) is 17.0 Å². The molecule has 22 heavy (non-hydrogen) atoms. The van der Waals surface area contributed by atoms with Crippen molar-refractivity contribution in [2.24, 2.45) is 0 Å². The number of rotatable bonds is 3. The Hall–Kier alpha value is -1.56. The van der Waals surface area contributed by atoms with Gasteiger partial charge >= 0.3 is 0 Å². The van der Waals surface area contributed by atoms with Crippen LogP contribution in [0.2, 0.25) is 10.0 Å². The molecular weight excluding hydrogens is 341 g/mol. The minimum Gasteiger partial charge on any atom is -0.481 e. The predicted molar refractivity (Wildman–Crippen MR) is 89.2 cm³/mol. The highest BCUT2D eigenvalue weighted by atomic mass is 35.5. The molecule has 0 spiro atoms. The van der Waals surface area contributed by atoms with Crippen molar-refractivity contribution < 1.29 is 4.74 Å². The summed E-state index contributed by atoms with van der Waals surface area (Å²) in [7, 11) is 1.58. The van der Waals surface area contributed by atoms with Crippen LogP contribution in [0.1, 0.15) is 5.69 Å². The molecule has 0 saturated carbocycles. The summed E-state index contributed by atoms with van der Waals surface area (Å²) < 4.78 is 5.18. The average Bonchev–Trinajstić information content (AvgIpc) is 2.46. The third-order valence-corrected chi connectivity index (χ3v) is 4.38. The summed E-state index contributed by atoms with van der Waals surface area (Å²) in [5.74, 6) is 0.530. The molecule has 0 fully saturated rings. The van der Waals surface area contributed by atoms with Gasteiger partial charge in [-0.15, -0.1) is 0 Å². The number of methoxy groups -OCH3 is 1. The fourth-order valence-corrected chi connectivity index (χ4v) is 3.63. The second kappa shape index (κ2) is 6.28. The van der Waals surface area contributed by atoms with Crippen LogP contribution in [-0.2, 0) is 0 Å². The van der Waals surface area contributed by atoms with E-state index in [4.69, 9.17) is 27.9 Å². The molecule has 0 amide bonds. The molecule has 0 radical (unpaired) electrons. The number of ether oxygens (including phenoxy) is 1. The molecule has 7 heteroatoms. The summed E-state index contributed by atoms with van der Waals surface area (Å²) in [4.78, 5) is 14.0. The second-order valence-electron chi connectivity index (χ2n) is 4.53. The minimum absolute atomic E-state index is 0.530. The lowest BCUT2D eigenvalue weighted by atomic mass is 10.2. The van der Waals surface area contributed by atoms with Crippen molar-refractivity contribution in [3.05, 3.63) is 46.2 Å². The Bertz CT molecular complexity index is 858. The molecule has 0 unspecified atom stereocenters. The monoisotopic (exact) mass is 351 g/mol. The topological polar surface area (TPSA) is 47.9 Å². The van der Waals surface area contributed by atoms with Crippen molar-refractivity contribution >= 4 is 45.9 Å². The van der Waals surface area contributed by atoms with Crippen molar-refractivity contribution in [3.63, 3.8) is 0 Å². The molecule has 4 nitrogen and oxygen atoms in total. The van der Waals surface area contributed by atoms with Gasteiger partial charge in [-0.2, -0.15) is 4.98 Å². The summed E-state index contributed by atoms with van der Waals surface area (Å²) in [6, 6.07) is 7.14. The lowest BCUT2D eigenvalue weighted by molar-refractivity contribution is 0.391. The second-order valence-corrected chi connectivity index (χ2v) is 6.38. The number of pyridine rings is 1. The molecule has 3 aromatic rings. The van der Waals surface area contributed by atoms with Crippen molar-refractivity contribution in [1.82, 2.24) is 15.0 Å². The van der Waals surface area contributed by atoms with E-state index in [0.717, 1.165) is 21.5 Å². The highest BCUT2D eigenvalue weighted by Gasteiger charge is 2.12. The average molecular weight is 352 g/mol. The van der Waals surface area contributed by atoms with Crippen LogP contribution in [0.5, 0.6) is 5.88 Å². The highest BCUT2D eigenvalue weighted by molar-refractivity contribution is 7.99. The van der Waals surface area contributed by atoms with Crippen molar-refractivity contribution in [2.75, 3.05) is 7.11 Å². The van der Waals surface area contributed by atoms with Crippen molar-refractivity contribution in [3.8, 4) is 5.88 Å². The third kappa shape index (κ3) is 3.11. The van der Waals surface area contributed by atoms with Gasteiger partial charge in [0, 0.05) is 33.3 Å². The Morgan fingerprint density at radius 2 is 1.95 bits per heavy atom. The van der Waals surface area contributed by atoms with Gasteiger partial charge in [-0.05, 0) is 36.9 Å². The first kappa shape index (κ1) is 15.3. The van der Waals surface area contributed by atoms with Gasteiger partial charge in [0.15, 0.2) is 5.16 Å². The molecule has 0 saturated heterocycles. The molecule has 1 aromatic carbocycles. The van der Waals surface area contributed by atoms with Crippen molar-refractivity contribution in [1.29, 1.82) is 0 Å². The van der Waals surface area contributed by atoms with Crippen LogP contribution in [0.3, 0.4) is 0 Å². The smallest absolute Gasteiger partial charge is 0.217 e. The van der Waals surface area contributed by atoms with Gasteiger partial charge in [0.1, 0.15) is 0 Å². The Morgan fingerprint density at radius 3 is 2.73 bits per heavy atom. The van der Waals surface area contributed by atoms with Crippen LogP contribution < -0.4 is 4.74 Å². The van der Waals surface area contributed by atoms with Gasteiger partial charge in [0.2, 0.25) is 5.88 Å². The van der Waals surface area contributed by atoms with E-state index < -0.39 is 0 Å². The van der Waals surface area contributed by atoms with E-state index in [-0.39, 0.29) is 0 Å². The summed E-state index contributed by atoms with van der Waals surface area (Å²) in [5, 5.41) is 2.54. The molecule has 0 aliphatic carbocycles.